The predicted molar refractivity (Wildman–Crippen MR) is 187 cm³/mol. The number of amides is 1. The number of unbranched alkanes of at least 4 members (excludes halogenated alkanes) is 9. The number of rotatable bonds is 27. The van der Waals surface area contributed by atoms with Crippen LogP contribution in [-0.4, -0.2) is 86.1 Å². The molecule has 2 rings (SSSR count). The molecule has 1 aliphatic rings. The van der Waals surface area contributed by atoms with Gasteiger partial charge in [-0.25, -0.2) is 9.59 Å². The van der Waals surface area contributed by atoms with Crippen molar-refractivity contribution in [1.82, 2.24) is 5.32 Å². The highest BCUT2D eigenvalue weighted by Crippen LogP contribution is 2.32. The fraction of sp³-hybridized carbons (Fsp3) is 0.711. The number of esters is 1. The summed E-state index contributed by atoms with van der Waals surface area (Å²) in [4.78, 5) is 38.5. The third-order valence-corrected chi connectivity index (χ3v) is 8.95. The summed E-state index contributed by atoms with van der Waals surface area (Å²) in [6.45, 7) is 5.55. The lowest BCUT2D eigenvalue weighted by molar-refractivity contribution is -0.173. The molecule has 0 radical (unpaired) electrons. The van der Waals surface area contributed by atoms with Gasteiger partial charge in [0, 0.05) is 26.4 Å². The lowest BCUT2D eigenvalue weighted by Gasteiger charge is -2.30. The van der Waals surface area contributed by atoms with E-state index in [9.17, 15) is 24.6 Å². The van der Waals surface area contributed by atoms with Gasteiger partial charge in [-0.3, -0.25) is 4.79 Å². The monoisotopic (exact) mass is 691 g/mol. The van der Waals surface area contributed by atoms with Crippen LogP contribution in [0.15, 0.2) is 36.4 Å². The zero-order chi connectivity index (χ0) is 36.0. The van der Waals surface area contributed by atoms with E-state index in [4.69, 9.17) is 23.7 Å². The van der Waals surface area contributed by atoms with Crippen LogP contribution < -0.4 is 10.1 Å². The molecule has 49 heavy (non-hydrogen) atoms. The maximum atomic E-state index is 13.6. The average Bonchev–Trinajstić information content (AvgIpc) is 3.56. The van der Waals surface area contributed by atoms with E-state index in [1.165, 1.54) is 46.0 Å². The van der Waals surface area contributed by atoms with E-state index in [2.05, 4.69) is 19.2 Å². The van der Waals surface area contributed by atoms with Gasteiger partial charge in [0.25, 0.3) is 0 Å². The molecule has 0 spiro atoms. The highest BCUT2D eigenvalue weighted by Gasteiger charge is 2.48. The highest BCUT2D eigenvalue weighted by atomic mass is 16.7. The number of ether oxygens (including phenoxy) is 5. The minimum absolute atomic E-state index is 0.0933. The molecular formula is C38H61NO10. The van der Waals surface area contributed by atoms with Crippen molar-refractivity contribution < 1.29 is 48.3 Å². The van der Waals surface area contributed by atoms with E-state index >= 15 is 0 Å². The van der Waals surface area contributed by atoms with E-state index < -0.39 is 47.8 Å². The molecular weight excluding hydrogens is 630 g/mol. The number of benzene rings is 1. The van der Waals surface area contributed by atoms with E-state index in [-0.39, 0.29) is 6.42 Å². The second-order valence-electron chi connectivity index (χ2n) is 12.9. The number of aliphatic hydroxyl groups is 1. The van der Waals surface area contributed by atoms with Gasteiger partial charge < -0.3 is 39.2 Å². The molecule has 3 N–H and O–H groups in total. The number of hydrogen-bond acceptors (Lipinski definition) is 9. The van der Waals surface area contributed by atoms with Gasteiger partial charge in [0.2, 0.25) is 5.91 Å². The first-order valence-electron chi connectivity index (χ1n) is 18.1. The van der Waals surface area contributed by atoms with Gasteiger partial charge in [-0.2, -0.15) is 0 Å². The number of aliphatic carboxylic acids is 1. The van der Waals surface area contributed by atoms with Gasteiger partial charge in [0.15, 0.2) is 11.4 Å². The first kappa shape index (κ1) is 42.2. The van der Waals surface area contributed by atoms with Gasteiger partial charge >= 0.3 is 11.9 Å². The van der Waals surface area contributed by atoms with Crippen molar-refractivity contribution in [3.8, 4) is 5.75 Å². The molecule has 1 saturated heterocycles. The summed E-state index contributed by atoms with van der Waals surface area (Å²) in [6.07, 6.45) is 17.2. The van der Waals surface area contributed by atoms with Crippen LogP contribution in [0, 0.1) is 5.92 Å². The molecule has 278 valence electrons. The summed E-state index contributed by atoms with van der Waals surface area (Å²) in [5, 5.41) is 23.7. The molecule has 1 aliphatic heterocycles. The Hall–Kier alpha value is -2.99. The third-order valence-electron chi connectivity index (χ3n) is 8.95. The standard InChI is InChI=1S/C38H61NO10/c1-5-7-9-13-16-23-37(48-26-27-49-37)24-17-14-11-10-12-15-18-32(38(44,29-45-3)36(42)43)34(40)39-33(35(41)46-4)28-30-19-21-31(22-20-30)47-25-8-6-2/h15,18-22,32-33,44H,5-14,16-17,23-29H2,1-4H3,(H,39,40)(H,42,43)/t32-,33+,38+/m1/s1. The molecule has 11 heteroatoms. The van der Waals surface area contributed by atoms with Crippen LogP contribution in [0.1, 0.15) is 109 Å². The van der Waals surface area contributed by atoms with Crippen LogP contribution in [0.5, 0.6) is 5.75 Å². The third kappa shape index (κ3) is 14.8. The minimum Gasteiger partial charge on any atom is -0.494 e. The van der Waals surface area contributed by atoms with Gasteiger partial charge in [-0.1, -0.05) is 83.1 Å². The second-order valence-corrected chi connectivity index (χ2v) is 12.9. The predicted octanol–water partition coefficient (Wildman–Crippen LogP) is 6.14. The SMILES string of the molecule is CCCCCCCC1(CCCCCCC=C[C@H](C(=O)N[C@@H](Cc2ccc(OCCCC)cc2)C(=O)OC)[C@@](O)(COC)C(=O)O)OCCO1. The fourth-order valence-electron chi connectivity index (χ4n) is 6.01. The Morgan fingerprint density at radius 1 is 0.918 bits per heavy atom. The summed E-state index contributed by atoms with van der Waals surface area (Å²) in [7, 11) is 2.46. The summed E-state index contributed by atoms with van der Waals surface area (Å²) in [6, 6.07) is 6.05. The van der Waals surface area contributed by atoms with Crippen LogP contribution in [0.3, 0.4) is 0 Å². The number of carbonyl (C=O) groups excluding carboxylic acids is 2. The average molecular weight is 692 g/mol. The smallest absolute Gasteiger partial charge is 0.339 e. The van der Waals surface area contributed by atoms with Gasteiger partial charge in [-0.15, -0.1) is 0 Å². The normalized spacial score (nSPS) is 16.6. The number of hydrogen-bond donors (Lipinski definition) is 3. The van der Waals surface area contributed by atoms with Gasteiger partial charge in [0.1, 0.15) is 11.8 Å². The van der Waals surface area contributed by atoms with Crippen LogP contribution in [0.2, 0.25) is 0 Å². The van der Waals surface area contributed by atoms with Crippen molar-refractivity contribution in [3.05, 3.63) is 42.0 Å². The second kappa shape index (κ2) is 23.4. The number of allylic oxidation sites excluding steroid dienone is 1. The molecule has 0 aliphatic carbocycles. The van der Waals surface area contributed by atoms with Crippen molar-refractivity contribution in [1.29, 1.82) is 0 Å². The summed E-state index contributed by atoms with van der Waals surface area (Å²) < 4.78 is 27.7. The molecule has 1 heterocycles. The summed E-state index contributed by atoms with van der Waals surface area (Å²) >= 11 is 0. The first-order chi connectivity index (χ1) is 23.6. The Morgan fingerprint density at radius 2 is 1.53 bits per heavy atom. The first-order valence-corrected chi connectivity index (χ1v) is 18.1. The molecule has 0 saturated carbocycles. The van der Waals surface area contributed by atoms with Crippen molar-refractivity contribution >= 4 is 17.8 Å². The Labute approximate surface area is 293 Å². The Bertz CT molecular complexity index is 1120. The van der Waals surface area contributed by atoms with Crippen LogP contribution >= 0.6 is 0 Å². The molecule has 0 aromatic heterocycles. The molecule has 11 nitrogen and oxygen atoms in total. The number of methoxy groups -OCH3 is 2. The van der Waals surface area contributed by atoms with E-state index in [1.807, 2.05) is 0 Å². The topological polar surface area (TPSA) is 150 Å². The number of carboxylic acids is 1. The maximum Gasteiger partial charge on any atom is 0.339 e. The largest absolute Gasteiger partial charge is 0.494 e. The fourth-order valence-corrected chi connectivity index (χ4v) is 6.01. The molecule has 1 aromatic carbocycles. The quantitative estimate of drug-likeness (QED) is 0.0558. The lowest BCUT2D eigenvalue weighted by atomic mass is 9.86. The van der Waals surface area contributed by atoms with Crippen molar-refractivity contribution in [3.63, 3.8) is 0 Å². The molecule has 0 bridgehead atoms. The van der Waals surface area contributed by atoms with Crippen molar-refractivity contribution in [2.24, 2.45) is 5.92 Å². The number of carboxylic acid groups (broad SMARTS) is 1. The zero-order valence-corrected chi connectivity index (χ0v) is 30.2. The van der Waals surface area contributed by atoms with Gasteiger partial charge in [-0.05, 0) is 49.8 Å². The van der Waals surface area contributed by atoms with Crippen LogP contribution in [0.4, 0.5) is 0 Å². The van der Waals surface area contributed by atoms with Crippen molar-refractivity contribution in [2.45, 2.75) is 128 Å². The van der Waals surface area contributed by atoms with E-state index in [1.54, 1.807) is 30.3 Å². The highest BCUT2D eigenvalue weighted by molar-refractivity contribution is 5.93. The van der Waals surface area contributed by atoms with E-state index in [0.717, 1.165) is 63.4 Å². The van der Waals surface area contributed by atoms with Gasteiger partial charge in [0.05, 0.1) is 39.5 Å². The molecule has 1 fully saturated rings. The Kier molecular flexibility index (Phi) is 20.2. The minimum atomic E-state index is -2.56. The molecule has 1 aromatic rings. The molecule has 3 atom stereocenters. The lowest BCUT2D eigenvalue weighted by Crippen LogP contribution is -2.56. The van der Waals surface area contributed by atoms with E-state index in [0.29, 0.717) is 32.0 Å². The zero-order valence-electron chi connectivity index (χ0n) is 30.2. The van der Waals surface area contributed by atoms with Crippen LogP contribution in [-0.2, 0) is 39.8 Å². The summed E-state index contributed by atoms with van der Waals surface area (Å²) in [5.74, 6) is -4.42. The summed E-state index contributed by atoms with van der Waals surface area (Å²) in [5.41, 5.74) is -1.82. The van der Waals surface area contributed by atoms with Crippen molar-refractivity contribution in [2.75, 3.05) is 40.6 Å². The Balaban J connectivity index is 1.99. The molecule has 0 unspecified atom stereocenters. The Morgan fingerprint density at radius 3 is 2.10 bits per heavy atom. The maximum absolute atomic E-state index is 13.6. The number of carbonyl (C=O) groups is 3. The van der Waals surface area contributed by atoms with Crippen LogP contribution in [0.25, 0.3) is 0 Å². The number of nitrogens with one attached hydrogen (secondary N) is 1. The molecule has 1 amide bonds.